The van der Waals surface area contributed by atoms with E-state index in [9.17, 15) is 9.59 Å². The molecule has 1 atom stereocenters. The smallest absolute Gasteiger partial charge is 0.249 e. The first-order chi connectivity index (χ1) is 8.56. The molecule has 0 aromatic heterocycles. The Morgan fingerprint density at radius 2 is 1.83 bits per heavy atom. The fraction of sp³-hybridized carbons (Fsp3) is 0.385. The molecular formula is C13H19N3O2. The Balaban J connectivity index is 2.89. The van der Waals surface area contributed by atoms with E-state index in [2.05, 4.69) is 10.6 Å². The van der Waals surface area contributed by atoms with E-state index in [1.807, 2.05) is 30.3 Å². The second-order valence-electron chi connectivity index (χ2n) is 4.17. The summed E-state index contributed by atoms with van der Waals surface area (Å²) in [5.41, 5.74) is 0.778. The zero-order chi connectivity index (χ0) is 13.5. The molecule has 0 saturated heterocycles. The average molecular weight is 249 g/mol. The van der Waals surface area contributed by atoms with Gasteiger partial charge in [0.25, 0.3) is 0 Å². The second kappa shape index (κ2) is 6.76. The lowest BCUT2D eigenvalue weighted by Crippen LogP contribution is -2.42. The Morgan fingerprint density at radius 1 is 1.22 bits per heavy atom. The molecule has 5 nitrogen and oxygen atoms in total. The molecule has 0 saturated carbocycles. The molecule has 1 aromatic carbocycles. The summed E-state index contributed by atoms with van der Waals surface area (Å²) in [5, 5.41) is 5.48. The quantitative estimate of drug-likeness (QED) is 0.781. The molecule has 1 rings (SSSR count). The Morgan fingerprint density at radius 3 is 2.33 bits per heavy atom. The van der Waals surface area contributed by atoms with Crippen LogP contribution in [0.1, 0.15) is 11.6 Å². The van der Waals surface area contributed by atoms with E-state index >= 15 is 0 Å². The Labute approximate surface area is 107 Å². The molecule has 0 radical (unpaired) electrons. The molecule has 0 aliphatic rings. The summed E-state index contributed by atoms with van der Waals surface area (Å²) < 4.78 is 0. The van der Waals surface area contributed by atoms with Gasteiger partial charge in [-0.2, -0.15) is 0 Å². The zero-order valence-electron chi connectivity index (χ0n) is 10.9. The van der Waals surface area contributed by atoms with E-state index in [1.165, 1.54) is 4.90 Å². The SMILES string of the molecule is CNCC(=O)N[C@H](C(=O)N(C)C)c1ccccc1. The number of nitrogens with one attached hydrogen (secondary N) is 2. The summed E-state index contributed by atoms with van der Waals surface area (Å²) in [6.07, 6.45) is 0. The maximum absolute atomic E-state index is 12.1. The van der Waals surface area contributed by atoms with Crippen molar-refractivity contribution in [2.75, 3.05) is 27.7 Å². The van der Waals surface area contributed by atoms with Gasteiger partial charge in [0.1, 0.15) is 6.04 Å². The predicted molar refractivity (Wildman–Crippen MR) is 69.9 cm³/mol. The minimum atomic E-state index is -0.637. The van der Waals surface area contributed by atoms with Crippen molar-refractivity contribution in [3.8, 4) is 0 Å². The van der Waals surface area contributed by atoms with Gasteiger partial charge in [0, 0.05) is 14.1 Å². The third-order valence-electron chi connectivity index (χ3n) is 2.46. The number of carbonyl (C=O) groups excluding carboxylic acids is 2. The van der Waals surface area contributed by atoms with Crippen LogP contribution in [0.4, 0.5) is 0 Å². The molecule has 0 aliphatic carbocycles. The molecule has 0 aliphatic heterocycles. The summed E-state index contributed by atoms with van der Waals surface area (Å²) >= 11 is 0. The van der Waals surface area contributed by atoms with Crippen molar-refractivity contribution in [3.63, 3.8) is 0 Å². The first-order valence-corrected chi connectivity index (χ1v) is 5.76. The molecule has 0 spiro atoms. The van der Waals surface area contributed by atoms with E-state index in [4.69, 9.17) is 0 Å². The maximum Gasteiger partial charge on any atom is 0.249 e. The minimum absolute atomic E-state index is 0.148. The Hall–Kier alpha value is -1.88. The number of benzene rings is 1. The van der Waals surface area contributed by atoms with Crippen LogP contribution in [0, 0.1) is 0 Å². The van der Waals surface area contributed by atoms with Crippen molar-refractivity contribution in [3.05, 3.63) is 35.9 Å². The number of nitrogens with zero attached hydrogens (tertiary/aromatic N) is 1. The standard InChI is InChI=1S/C13H19N3O2/c1-14-9-11(17)15-12(13(18)16(2)3)10-7-5-4-6-8-10/h4-8,12,14H,9H2,1-3H3,(H,15,17)/t12-/m0/s1. The van der Waals surface area contributed by atoms with Gasteiger partial charge >= 0.3 is 0 Å². The molecule has 1 aromatic rings. The van der Waals surface area contributed by atoms with Gasteiger partial charge in [-0.1, -0.05) is 30.3 Å². The van der Waals surface area contributed by atoms with E-state index in [1.54, 1.807) is 21.1 Å². The molecule has 0 unspecified atom stereocenters. The molecule has 2 N–H and O–H groups in total. The average Bonchev–Trinajstić information content (AvgIpc) is 2.36. The molecular weight excluding hydrogens is 230 g/mol. The molecule has 5 heteroatoms. The van der Waals surface area contributed by atoms with Gasteiger partial charge in [-0.25, -0.2) is 0 Å². The molecule has 18 heavy (non-hydrogen) atoms. The lowest BCUT2D eigenvalue weighted by molar-refractivity contribution is -0.134. The van der Waals surface area contributed by atoms with E-state index in [0.29, 0.717) is 0 Å². The van der Waals surface area contributed by atoms with Crippen molar-refractivity contribution in [1.29, 1.82) is 0 Å². The fourth-order valence-corrected chi connectivity index (χ4v) is 1.56. The summed E-state index contributed by atoms with van der Waals surface area (Å²) in [4.78, 5) is 25.2. The summed E-state index contributed by atoms with van der Waals surface area (Å²) in [7, 11) is 5.02. The van der Waals surface area contributed by atoms with Gasteiger partial charge in [0.15, 0.2) is 0 Å². The van der Waals surface area contributed by atoms with Crippen LogP contribution in [0.3, 0.4) is 0 Å². The maximum atomic E-state index is 12.1. The van der Waals surface area contributed by atoms with Crippen molar-refractivity contribution < 1.29 is 9.59 Å². The fourth-order valence-electron chi connectivity index (χ4n) is 1.56. The van der Waals surface area contributed by atoms with Crippen molar-refractivity contribution in [1.82, 2.24) is 15.5 Å². The first-order valence-electron chi connectivity index (χ1n) is 5.76. The van der Waals surface area contributed by atoms with Crippen LogP contribution in [-0.2, 0) is 9.59 Å². The highest BCUT2D eigenvalue weighted by Gasteiger charge is 2.23. The van der Waals surface area contributed by atoms with Crippen LogP contribution in [0.15, 0.2) is 30.3 Å². The number of hydrogen-bond acceptors (Lipinski definition) is 3. The predicted octanol–water partition coefficient (Wildman–Crippen LogP) is 0.152. The molecule has 2 amide bonds. The zero-order valence-corrected chi connectivity index (χ0v) is 10.9. The molecule has 0 bridgehead atoms. The molecule has 0 fully saturated rings. The van der Waals surface area contributed by atoms with Crippen molar-refractivity contribution in [2.45, 2.75) is 6.04 Å². The van der Waals surface area contributed by atoms with Gasteiger partial charge < -0.3 is 15.5 Å². The Kier molecular flexibility index (Phi) is 5.32. The lowest BCUT2D eigenvalue weighted by Gasteiger charge is -2.22. The Bertz CT molecular complexity index is 404. The highest BCUT2D eigenvalue weighted by atomic mass is 16.2. The van der Waals surface area contributed by atoms with Crippen molar-refractivity contribution >= 4 is 11.8 Å². The minimum Gasteiger partial charge on any atom is -0.347 e. The van der Waals surface area contributed by atoms with Crippen LogP contribution >= 0.6 is 0 Å². The number of likely N-dealkylation sites (N-methyl/N-ethyl adjacent to an activating group) is 2. The second-order valence-corrected chi connectivity index (χ2v) is 4.17. The van der Waals surface area contributed by atoms with Crippen LogP contribution in [0.25, 0.3) is 0 Å². The number of amides is 2. The largest absolute Gasteiger partial charge is 0.347 e. The van der Waals surface area contributed by atoms with Gasteiger partial charge in [-0.15, -0.1) is 0 Å². The van der Waals surface area contributed by atoms with Gasteiger partial charge in [0.05, 0.1) is 6.54 Å². The van der Waals surface area contributed by atoms with Gasteiger partial charge in [-0.05, 0) is 12.6 Å². The topological polar surface area (TPSA) is 61.4 Å². The van der Waals surface area contributed by atoms with Crippen LogP contribution < -0.4 is 10.6 Å². The van der Waals surface area contributed by atoms with E-state index in [0.717, 1.165) is 5.56 Å². The third kappa shape index (κ3) is 3.85. The third-order valence-corrected chi connectivity index (χ3v) is 2.46. The number of hydrogen-bond donors (Lipinski definition) is 2. The van der Waals surface area contributed by atoms with E-state index in [-0.39, 0.29) is 18.4 Å². The summed E-state index contributed by atoms with van der Waals surface area (Å²) in [6, 6.07) is 8.57. The highest BCUT2D eigenvalue weighted by molar-refractivity contribution is 5.89. The van der Waals surface area contributed by atoms with E-state index < -0.39 is 6.04 Å². The van der Waals surface area contributed by atoms with Crippen molar-refractivity contribution in [2.24, 2.45) is 0 Å². The van der Waals surface area contributed by atoms with Crippen LogP contribution in [-0.4, -0.2) is 44.4 Å². The molecule has 0 heterocycles. The normalized spacial score (nSPS) is 11.7. The van der Waals surface area contributed by atoms with Gasteiger partial charge in [-0.3, -0.25) is 9.59 Å². The first kappa shape index (κ1) is 14.2. The summed E-state index contributed by atoms with van der Waals surface area (Å²) in [5.74, 6) is -0.354. The van der Waals surface area contributed by atoms with Crippen LogP contribution in [0.2, 0.25) is 0 Å². The summed E-state index contributed by atoms with van der Waals surface area (Å²) in [6.45, 7) is 0.185. The van der Waals surface area contributed by atoms with Crippen LogP contribution in [0.5, 0.6) is 0 Å². The molecule has 98 valence electrons. The van der Waals surface area contributed by atoms with Gasteiger partial charge in [0.2, 0.25) is 11.8 Å². The monoisotopic (exact) mass is 249 g/mol. The lowest BCUT2D eigenvalue weighted by atomic mass is 10.1. The number of rotatable bonds is 5. The number of carbonyl (C=O) groups is 2. The highest BCUT2D eigenvalue weighted by Crippen LogP contribution is 2.14.